The van der Waals surface area contributed by atoms with Crippen molar-refractivity contribution in [3.05, 3.63) is 45.3 Å². The molecular weight excluding hydrogens is 338 g/mol. The van der Waals surface area contributed by atoms with Gasteiger partial charge >= 0.3 is 0 Å². The number of allylic oxidation sites excluding steroid dienone is 1. The molecule has 1 aromatic rings. The van der Waals surface area contributed by atoms with Gasteiger partial charge in [-0.25, -0.2) is 0 Å². The molecule has 3 unspecified atom stereocenters. The Morgan fingerprint density at radius 3 is 3.12 bits per heavy atom. The first-order valence-corrected chi connectivity index (χ1v) is 9.71. The van der Waals surface area contributed by atoms with Crippen molar-refractivity contribution in [2.45, 2.75) is 36.4 Å². The number of rotatable bonds is 0. The molecule has 25 heavy (non-hydrogen) atoms. The van der Waals surface area contributed by atoms with Gasteiger partial charge in [0.05, 0.1) is 28.7 Å². The number of carbonyl (C=O) groups excluding carboxylic acids is 2. The van der Waals surface area contributed by atoms with E-state index in [1.54, 1.807) is 17.8 Å². The molecule has 4 aliphatic heterocycles. The normalized spacial score (nSPS) is 44.7. The van der Waals surface area contributed by atoms with Gasteiger partial charge in [-0.15, -0.1) is 11.8 Å². The predicted octanol–water partition coefficient (Wildman–Crippen LogP) is -0.790. The van der Waals surface area contributed by atoms with Crippen molar-refractivity contribution in [3.63, 3.8) is 0 Å². The van der Waals surface area contributed by atoms with E-state index >= 15 is 0 Å². The molecule has 7 heteroatoms. The number of quaternary nitrogens is 1. The first kappa shape index (κ1) is 13.4. The summed E-state index contributed by atoms with van der Waals surface area (Å²) in [5.74, 6) is 0.0587. The summed E-state index contributed by atoms with van der Waals surface area (Å²) in [5.41, 5.74) is 4.13. The van der Waals surface area contributed by atoms with Crippen LogP contribution in [0, 0.1) is 5.41 Å². The number of nitrogens with one attached hydrogen (secondary N) is 3. The smallest absolute Gasteiger partial charge is 0.225 e. The summed E-state index contributed by atoms with van der Waals surface area (Å²) in [6, 6.07) is -0.411. The highest BCUT2D eigenvalue weighted by Crippen LogP contribution is 2.65. The van der Waals surface area contributed by atoms with Gasteiger partial charge in [0.2, 0.25) is 11.6 Å². The summed E-state index contributed by atoms with van der Waals surface area (Å²) in [5, 5.41) is 14.8. The molecule has 4 N–H and O–H groups in total. The predicted molar refractivity (Wildman–Crippen MR) is 88.9 cm³/mol. The van der Waals surface area contributed by atoms with Gasteiger partial charge in [-0.2, -0.15) is 0 Å². The third kappa shape index (κ3) is 1.19. The molecule has 2 saturated heterocycles. The summed E-state index contributed by atoms with van der Waals surface area (Å²) < 4.78 is 0. The molecule has 7 rings (SSSR count). The van der Waals surface area contributed by atoms with E-state index in [0.29, 0.717) is 11.4 Å². The van der Waals surface area contributed by atoms with Crippen molar-refractivity contribution in [3.8, 4) is 0 Å². The van der Waals surface area contributed by atoms with Crippen molar-refractivity contribution in [2.24, 2.45) is 5.41 Å². The Morgan fingerprint density at radius 1 is 1.36 bits per heavy atom. The van der Waals surface area contributed by atoms with Gasteiger partial charge in [0.25, 0.3) is 0 Å². The van der Waals surface area contributed by atoms with E-state index in [0.717, 1.165) is 40.3 Å². The second-order valence-electron chi connectivity index (χ2n) is 7.99. The maximum absolute atomic E-state index is 13.2. The lowest BCUT2D eigenvalue weighted by atomic mass is 9.56. The van der Waals surface area contributed by atoms with E-state index in [-0.39, 0.29) is 23.0 Å². The van der Waals surface area contributed by atoms with E-state index in [1.807, 2.05) is 6.20 Å². The van der Waals surface area contributed by atoms with Crippen LogP contribution in [0.15, 0.2) is 28.4 Å². The average Bonchev–Trinajstić information content (AvgIpc) is 3.13. The van der Waals surface area contributed by atoms with Gasteiger partial charge in [-0.1, -0.05) is 0 Å². The Morgan fingerprint density at radius 2 is 2.24 bits per heavy atom. The topological polar surface area (TPSA) is 86.6 Å². The number of piperidine rings is 1. The fourth-order valence-corrected chi connectivity index (χ4v) is 7.84. The van der Waals surface area contributed by atoms with Crippen LogP contribution in [0.25, 0.3) is 0 Å². The van der Waals surface area contributed by atoms with Crippen molar-refractivity contribution < 1.29 is 19.6 Å². The number of carbonyl (C=O) groups is 2. The van der Waals surface area contributed by atoms with Gasteiger partial charge in [-0.05, 0) is 18.1 Å². The zero-order valence-electron chi connectivity index (χ0n) is 13.3. The van der Waals surface area contributed by atoms with Gasteiger partial charge in [0, 0.05) is 28.7 Å². The zero-order valence-corrected chi connectivity index (χ0v) is 14.1. The van der Waals surface area contributed by atoms with Crippen LogP contribution >= 0.6 is 11.8 Å². The molecule has 6 nitrogen and oxygen atoms in total. The molecule has 0 amide bonds. The fourth-order valence-electron chi connectivity index (χ4n) is 6.30. The number of ketones is 2. The van der Waals surface area contributed by atoms with Crippen LogP contribution in [0.1, 0.15) is 34.1 Å². The maximum atomic E-state index is 13.2. The third-order valence-corrected chi connectivity index (χ3v) is 8.47. The lowest BCUT2D eigenvalue weighted by Gasteiger charge is -2.56. The van der Waals surface area contributed by atoms with Crippen LogP contribution in [0.3, 0.4) is 0 Å². The molecule has 0 aromatic carbocycles. The molecule has 2 aliphatic carbocycles. The Kier molecular flexibility index (Phi) is 2.03. The maximum Gasteiger partial charge on any atom is 0.225 e. The van der Waals surface area contributed by atoms with Crippen molar-refractivity contribution in [1.82, 2.24) is 10.3 Å². The van der Waals surface area contributed by atoms with Crippen LogP contribution in [0.5, 0.6) is 0 Å². The fraction of sp³-hybridized carbons (Fsp3) is 0.444. The van der Waals surface area contributed by atoms with Crippen LogP contribution < -0.4 is 10.2 Å². The van der Waals surface area contributed by atoms with Crippen molar-refractivity contribution in [1.29, 1.82) is 0 Å². The Balaban J connectivity index is 1.65. The molecule has 0 radical (unpaired) electrons. The highest BCUT2D eigenvalue weighted by atomic mass is 32.2. The summed E-state index contributed by atoms with van der Waals surface area (Å²) in [6.45, 7) is 0.809. The minimum absolute atomic E-state index is 0.00546. The molecule has 0 saturated carbocycles. The number of hydrogen-bond donors (Lipinski definition) is 4. The average molecular weight is 354 g/mol. The molecule has 3 bridgehead atoms. The van der Waals surface area contributed by atoms with Crippen LogP contribution in [-0.4, -0.2) is 45.7 Å². The first-order chi connectivity index (χ1) is 12.1. The number of aromatic nitrogens is 1. The number of aliphatic hydroxyl groups excluding tert-OH is 1. The van der Waals surface area contributed by atoms with Crippen molar-refractivity contribution >= 4 is 23.3 Å². The molecule has 6 aliphatic rings. The zero-order chi connectivity index (χ0) is 16.7. The van der Waals surface area contributed by atoms with Crippen LogP contribution in [0.4, 0.5) is 0 Å². The lowest BCUT2D eigenvalue weighted by Crippen LogP contribution is -3.21. The number of thioether (sulfide) groups is 1. The van der Waals surface area contributed by atoms with Gasteiger partial charge in [0.1, 0.15) is 12.1 Å². The van der Waals surface area contributed by atoms with Gasteiger partial charge in [0.15, 0.2) is 6.04 Å². The minimum Gasteiger partial charge on any atom is -0.385 e. The quantitative estimate of drug-likeness (QED) is 0.491. The van der Waals surface area contributed by atoms with Crippen molar-refractivity contribution in [2.75, 3.05) is 6.54 Å². The third-order valence-electron chi connectivity index (χ3n) is 7.16. The largest absolute Gasteiger partial charge is 0.385 e. The first-order valence-electron chi connectivity index (χ1n) is 8.83. The molecule has 2 fully saturated rings. The standard InChI is InChI=1S/C18H15N3O3S/c22-7-3-8-18-4-9(25-8)20-13-11(18)15-10-6(5-19-12(10)16(13)23)1-2-21(15)14(7)17(18)24/h3,5,9,14-15,17,19-20,24H,1-2,4H2/p+1/t9-,14?,15?,17-,18+/m0/s1. The summed E-state index contributed by atoms with van der Waals surface area (Å²) in [4.78, 5) is 31.3. The second kappa shape index (κ2) is 3.79. The van der Waals surface area contributed by atoms with Crippen LogP contribution in [0.2, 0.25) is 0 Å². The minimum atomic E-state index is -0.731. The molecule has 1 aromatic heterocycles. The molecule has 126 valence electrons. The molecule has 1 spiro atoms. The van der Waals surface area contributed by atoms with E-state index in [1.165, 1.54) is 5.56 Å². The molecule has 5 heterocycles. The SMILES string of the molecule is O=C1C2=C3C4c5c(c[nH]c51)CC[NH+]4C1C(=O)C=C4S[C@@H](C[C@@]43[C@H]1O)N2. The van der Waals surface area contributed by atoms with E-state index in [2.05, 4.69) is 10.3 Å². The lowest BCUT2D eigenvalue weighted by molar-refractivity contribution is -0.953. The number of aliphatic hydroxyl groups is 1. The summed E-state index contributed by atoms with van der Waals surface area (Å²) >= 11 is 1.61. The summed E-state index contributed by atoms with van der Waals surface area (Å²) in [6.07, 6.45) is 4.58. The highest BCUT2D eigenvalue weighted by molar-refractivity contribution is 8.04. The number of Topliss-reactive ketones (excluding diaryl/α,β-unsaturated/α-hetero) is 1. The van der Waals surface area contributed by atoms with Crippen LogP contribution in [-0.2, 0) is 11.2 Å². The second-order valence-corrected chi connectivity index (χ2v) is 9.23. The molecule has 6 atom stereocenters. The monoisotopic (exact) mass is 354 g/mol. The highest BCUT2D eigenvalue weighted by Gasteiger charge is 2.71. The van der Waals surface area contributed by atoms with E-state index < -0.39 is 17.6 Å². The Bertz CT molecular complexity index is 992. The van der Waals surface area contributed by atoms with E-state index in [4.69, 9.17) is 0 Å². The van der Waals surface area contributed by atoms with E-state index in [9.17, 15) is 14.7 Å². The molecular formula is C18H16N3O3S+. The number of hydrogen-bond acceptors (Lipinski definition) is 5. The Hall–Kier alpha value is -1.83. The summed E-state index contributed by atoms with van der Waals surface area (Å²) in [7, 11) is 0. The van der Waals surface area contributed by atoms with Gasteiger partial charge < -0.3 is 20.3 Å². The van der Waals surface area contributed by atoms with Gasteiger partial charge in [-0.3, -0.25) is 9.59 Å². The number of H-pyrrole nitrogens is 1. The number of aromatic amines is 1. The number of fused-ring (bicyclic) bond motifs is 3. The Labute approximate surface area is 147 Å².